The minimum atomic E-state index is -1.18. The van der Waals surface area contributed by atoms with Crippen molar-refractivity contribution in [2.24, 2.45) is 0 Å². The smallest absolute Gasteiger partial charge is 0.272 e. The predicted octanol–water partition coefficient (Wildman–Crippen LogP) is 2.30. The number of hydrogen-bond acceptors (Lipinski definition) is 6. The predicted molar refractivity (Wildman–Crippen MR) is 136 cm³/mol. The lowest BCUT2D eigenvalue weighted by Gasteiger charge is -2.40. The van der Waals surface area contributed by atoms with E-state index in [9.17, 15) is 14.4 Å². The normalized spacial score (nSPS) is 16.7. The molecule has 1 aliphatic rings. The molecule has 0 aliphatic carbocycles. The number of likely N-dealkylation sites (N-methyl/N-ethyl adjacent to an activating group) is 1. The van der Waals surface area contributed by atoms with Gasteiger partial charge in [0.2, 0.25) is 5.91 Å². The molecule has 194 valence electrons. The Morgan fingerprint density at radius 2 is 1.78 bits per heavy atom. The maximum atomic E-state index is 13.2. The first kappa shape index (κ1) is 25.7. The third-order valence-electron chi connectivity index (χ3n) is 6.72. The first-order chi connectivity index (χ1) is 17.7. The van der Waals surface area contributed by atoms with Crippen LogP contribution in [0.1, 0.15) is 44.6 Å². The average Bonchev–Trinajstić information content (AvgIpc) is 3.33. The minimum absolute atomic E-state index is 0.0860. The van der Waals surface area contributed by atoms with E-state index < -0.39 is 11.4 Å². The van der Waals surface area contributed by atoms with Gasteiger partial charge in [-0.1, -0.05) is 42.0 Å². The average molecular weight is 506 g/mol. The van der Waals surface area contributed by atoms with Gasteiger partial charge in [-0.3, -0.25) is 19.1 Å². The molecule has 0 fully saturated rings. The van der Waals surface area contributed by atoms with Crippen LogP contribution >= 0.6 is 0 Å². The van der Waals surface area contributed by atoms with Crippen molar-refractivity contribution in [1.29, 1.82) is 0 Å². The Morgan fingerprint density at radius 3 is 2.46 bits per heavy atom. The van der Waals surface area contributed by atoms with E-state index in [1.807, 2.05) is 37.3 Å². The van der Waals surface area contributed by atoms with Gasteiger partial charge >= 0.3 is 0 Å². The van der Waals surface area contributed by atoms with Gasteiger partial charge in [-0.2, -0.15) is 5.10 Å². The molecule has 0 radical (unpaired) electrons. The van der Waals surface area contributed by atoms with E-state index in [4.69, 9.17) is 9.47 Å². The number of nitrogens with one attached hydrogen (secondary N) is 2. The highest BCUT2D eigenvalue weighted by Crippen LogP contribution is 2.31. The van der Waals surface area contributed by atoms with Gasteiger partial charge in [-0.05, 0) is 25.5 Å². The molecule has 1 atom stereocenters. The maximum absolute atomic E-state index is 13.2. The molecular weight excluding hydrogens is 474 g/mol. The van der Waals surface area contributed by atoms with E-state index in [2.05, 4.69) is 15.7 Å². The monoisotopic (exact) mass is 505 g/mol. The molecule has 1 unspecified atom stereocenters. The van der Waals surface area contributed by atoms with E-state index in [1.54, 1.807) is 33.2 Å². The van der Waals surface area contributed by atoms with Crippen LogP contribution in [-0.2, 0) is 24.4 Å². The van der Waals surface area contributed by atoms with E-state index in [0.29, 0.717) is 18.0 Å². The minimum Gasteiger partial charge on any atom is -0.493 e. The number of aromatic nitrogens is 2. The fourth-order valence-electron chi connectivity index (χ4n) is 4.28. The summed E-state index contributed by atoms with van der Waals surface area (Å²) < 4.78 is 12.1. The van der Waals surface area contributed by atoms with E-state index >= 15 is 0 Å². The zero-order valence-corrected chi connectivity index (χ0v) is 21.6. The van der Waals surface area contributed by atoms with Gasteiger partial charge < -0.3 is 25.0 Å². The first-order valence-corrected chi connectivity index (χ1v) is 11.9. The lowest BCUT2D eigenvalue weighted by atomic mass is 9.95. The molecule has 1 aliphatic heterocycles. The molecule has 3 amide bonds. The number of ether oxygens (including phenoxy) is 2. The molecule has 0 spiro atoms. The van der Waals surface area contributed by atoms with Crippen LogP contribution in [0.3, 0.4) is 0 Å². The second-order valence-electron chi connectivity index (χ2n) is 9.21. The lowest BCUT2D eigenvalue weighted by molar-refractivity contribution is -0.132. The third kappa shape index (κ3) is 5.00. The van der Waals surface area contributed by atoms with E-state index in [-0.39, 0.29) is 36.3 Å². The van der Waals surface area contributed by atoms with Crippen molar-refractivity contribution in [3.63, 3.8) is 0 Å². The Kier molecular flexibility index (Phi) is 7.19. The van der Waals surface area contributed by atoms with Gasteiger partial charge in [0.25, 0.3) is 11.8 Å². The zero-order valence-electron chi connectivity index (χ0n) is 21.6. The van der Waals surface area contributed by atoms with Crippen molar-refractivity contribution in [2.45, 2.75) is 39.0 Å². The molecule has 2 N–H and O–H groups in total. The number of carbonyl (C=O) groups is 3. The van der Waals surface area contributed by atoms with Gasteiger partial charge in [0.15, 0.2) is 17.2 Å². The second kappa shape index (κ2) is 10.3. The van der Waals surface area contributed by atoms with Gasteiger partial charge in [-0.15, -0.1) is 0 Å². The first-order valence-electron chi connectivity index (χ1n) is 11.9. The van der Waals surface area contributed by atoms with Crippen LogP contribution in [0.4, 0.5) is 0 Å². The summed E-state index contributed by atoms with van der Waals surface area (Å²) in [6.07, 6.45) is 0. The molecule has 2 aromatic carbocycles. The molecule has 0 saturated heterocycles. The quantitative estimate of drug-likeness (QED) is 0.486. The number of hydrogen-bond donors (Lipinski definition) is 2. The summed E-state index contributed by atoms with van der Waals surface area (Å²) in [5.74, 6) is -0.0619. The highest BCUT2D eigenvalue weighted by molar-refractivity contribution is 6.01. The van der Waals surface area contributed by atoms with Gasteiger partial charge in [0.05, 0.1) is 20.8 Å². The summed E-state index contributed by atoms with van der Waals surface area (Å²) in [5.41, 5.74) is 1.97. The van der Waals surface area contributed by atoms with E-state index in [1.165, 1.54) is 22.8 Å². The van der Waals surface area contributed by atoms with Gasteiger partial charge in [0.1, 0.15) is 11.2 Å². The van der Waals surface area contributed by atoms with Crippen molar-refractivity contribution in [2.75, 3.05) is 21.3 Å². The van der Waals surface area contributed by atoms with Gasteiger partial charge in [-0.25, -0.2) is 0 Å². The second-order valence-corrected chi connectivity index (χ2v) is 9.21. The number of benzene rings is 2. The number of rotatable bonds is 8. The SMILES string of the molecule is COc1cccc(CNC(=O)c2cc3n(n2)CC(C)(C(=O)NCc2ccc(C)cc2)N(C)C3=O)c1OC. The molecular formula is C27H31N5O5. The summed E-state index contributed by atoms with van der Waals surface area (Å²) >= 11 is 0. The standard InChI is InChI=1S/C27H31N5O5/c1-17-9-11-18(12-10-17)14-29-26(35)27(2)16-32-21(25(34)31(27)3)13-20(30-32)24(33)28-15-19-7-6-8-22(36-4)23(19)37-5/h6-13H,14-16H2,1-5H3,(H,28,33)(H,29,35). The molecule has 4 rings (SSSR count). The molecule has 2 heterocycles. The van der Waals surface area contributed by atoms with Crippen LogP contribution in [0.2, 0.25) is 0 Å². The fraction of sp³-hybridized carbons (Fsp3) is 0.333. The van der Waals surface area contributed by atoms with Gasteiger partial charge in [0, 0.05) is 31.8 Å². The van der Waals surface area contributed by atoms with Crippen molar-refractivity contribution in [3.05, 3.63) is 76.6 Å². The Labute approximate surface area is 215 Å². The molecule has 0 bridgehead atoms. The van der Waals surface area contributed by atoms with Crippen LogP contribution in [-0.4, -0.2) is 59.2 Å². The number of amides is 3. The number of fused-ring (bicyclic) bond motifs is 1. The molecule has 3 aromatic rings. The van der Waals surface area contributed by atoms with E-state index in [0.717, 1.165) is 16.7 Å². The van der Waals surface area contributed by atoms with Crippen LogP contribution in [0.15, 0.2) is 48.5 Å². The summed E-state index contributed by atoms with van der Waals surface area (Å²) in [6.45, 7) is 4.31. The van der Waals surface area contributed by atoms with Crippen LogP contribution < -0.4 is 20.1 Å². The lowest BCUT2D eigenvalue weighted by Crippen LogP contribution is -2.62. The largest absolute Gasteiger partial charge is 0.493 e. The Bertz CT molecular complexity index is 1330. The van der Waals surface area contributed by atoms with Crippen molar-refractivity contribution in [1.82, 2.24) is 25.3 Å². The molecule has 0 saturated carbocycles. The number of methoxy groups -OCH3 is 2. The molecule has 10 nitrogen and oxygen atoms in total. The fourth-order valence-corrected chi connectivity index (χ4v) is 4.28. The third-order valence-corrected chi connectivity index (χ3v) is 6.72. The molecule has 37 heavy (non-hydrogen) atoms. The Morgan fingerprint density at radius 1 is 1.05 bits per heavy atom. The molecule has 1 aromatic heterocycles. The van der Waals surface area contributed by atoms with Crippen LogP contribution in [0, 0.1) is 6.92 Å². The van der Waals surface area contributed by atoms with Crippen molar-refractivity contribution >= 4 is 17.7 Å². The summed E-state index contributed by atoms with van der Waals surface area (Å²) in [4.78, 5) is 40.6. The maximum Gasteiger partial charge on any atom is 0.272 e. The number of nitrogens with zero attached hydrogens (tertiary/aromatic N) is 3. The number of para-hydroxylation sites is 1. The van der Waals surface area contributed by atoms with Crippen LogP contribution in [0.5, 0.6) is 11.5 Å². The summed E-state index contributed by atoms with van der Waals surface area (Å²) in [6, 6.07) is 14.7. The van der Waals surface area contributed by atoms with Crippen molar-refractivity contribution in [3.8, 4) is 11.5 Å². The van der Waals surface area contributed by atoms with Crippen molar-refractivity contribution < 1.29 is 23.9 Å². The number of aryl methyl sites for hydroxylation is 1. The number of carbonyl (C=O) groups excluding carboxylic acids is 3. The summed E-state index contributed by atoms with van der Waals surface area (Å²) in [7, 11) is 4.65. The zero-order chi connectivity index (χ0) is 26.7. The van der Waals surface area contributed by atoms with Crippen LogP contribution in [0.25, 0.3) is 0 Å². The highest BCUT2D eigenvalue weighted by atomic mass is 16.5. The Balaban J connectivity index is 1.47. The highest BCUT2D eigenvalue weighted by Gasteiger charge is 2.46. The molecule has 10 heteroatoms. The Hall–Kier alpha value is -4.34. The topological polar surface area (TPSA) is 115 Å². The summed E-state index contributed by atoms with van der Waals surface area (Å²) in [5, 5.41) is 10.1.